The third-order valence-corrected chi connectivity index (χ3v) is 10.3. The maximum atomic E-state index is 17.5. The second kappa shape index (κ2) is 11.8. The zero-order chi connectivity index (χ0) is 34.0. The van der Waals surface area contributed by atoms with E-state index in [1.807, 2.05) is 4.90 Å². The minimum absolute atomic E-state index is 0.0211. The standard InChI is InChI=1S/C36H33F3N8O2/c1-3-24-27(38)6-5-20-13-23(48)14-25(28(20)24)29-31(39)33-30(26-18-45(2)44-32(26)29)34(47-12-10-41-16-22(47)7-9-40)43-35(42-33)49-19-36-8-4-11-46(36)17-21(37)15-36/h1,5-6,13-14,18,21-22,41,48H,4,7-8,10-12,15-17,19H2,2H3/t21-,22-,36+/m1/s1. The summed E-state index contributed by atoms with van der Waals surface area (Å²) >= 11 is 0. The van der Waals surface area contributed by atoms with Gasteiger partial charge < -0.3 is 20.1 Å². The summed E-state index contributed by atoms with van der Waals surface area (Å²) in [6, 6.07) is 7.38. The van der Waals surface area contributed by atoms with Crippen LogP contribution in [0.4, 0.5) is 19.0 Å². The number of phenolic OH excluding ortho intramolecular Hbond substituents is 1. The Bertz CT molecular complexity index is 2240. The number of terminal acetylenes is 1. The van der Waals surface area contributed by atoms with Crippen molar-refractivity contribution in [2.45, 2.75) is 43.4 Å². The van der Waals surface area contributed by atoms with Crippen molar-refractivity contribution in [2.24, 2.45) is 7.05 Å². The van der Waals surface area contributed by atoms with Gasteiger partial charge in [0.2, 0.25) is 0 Å². The van der Waals surface area contributed by atoms with Crippen molar-refractivity contribution >= 4 is 38.4 Å². The summed E-state index contributed by atoms with van der Waals surface area (Å²) < 4.78 is 55.1. The van der Waals surface area contributed by atoms with Gasteiger partial charge >= 0.3 is 6.01 Å². The van der Waals surface area contributed by atoms with Crippen LogP contribution in [0, 0.1) is 35.3 Å². The summed E-state index contributed by atoms with van der Waals surface area (Å²) in [7, 11) is 1.70. The number of aromatic nitrogens is 4. The van der Waals surface area contributed by atoms with Crippen molar-refractivity contribution in [1.82, 2.24) is 30.0 Å². The van der Waals surface area contributed by atoms with Gasteiger partial charge in [-0.1, -0.05) is 12.0 Å². The molecular weight excluding hydrogens is 633 g/mol. The molecule has 13 heteroatoms. The van der Waals surface area contributed by atoms with Crippen LogP contribution in [0.25, 0.3) is 43.7 Å². The molecule has 5 heterocycles. The fourth-order valence-corrected chi connectivity index (χ4v) is 8.17. The molecule has 0 saturated carbocycles. The van der Waals surface area contributed by atoms with Gasteiger partial charge in [0.1, 0.15) is 41.2 Å². The van der Waals surface area contributed by atoms with Crippen LogP contribution in [0.15, 0.2) is 30.5 Å². The summed E-state index contributed by atoms with van der Waals surface area (Å²) in [6.45, 7) is 2.85. The van der Waals surface area contributed by atoms with Crippen LogP contribution in [-0.2, 0) is 7.05 Å². The van der Waals surface area contributed by atoms with Crippen LogP contribution in [0.3, 0.4) is 0 Å². The number of nitriles is 1. The van der Waals surface area contributed by atoms with Gasteiger partial charge in [0, 0.05) is 62.2 Å². The van der Waals surface area contributed by atoms with Crippen molar-refractivity contribution in [2.75, 3.05) is 44.2 Å². The van der Waals surface area contributed by atoms with Gasteiger partial charge in [0.25, 0.3) is 0 Å². The van der Waals surface area contributed by atoms with E-state index < -0.39 is 23.3 Å². The lowest BCUT2D eigenvalue weighted by atomic mass is 9.91. The summed E-state index contributed by atoms with van der Waals surface area (Å²) in [5.74, 6) is 1.17. The van der Waals surface area contributed by atoms with Crippen molar-refractivity contribution in [3.05, 3.63) is 47.7 Å². The van der Waals surface area contributed by atoms with Gasteiger partial charge in [-0.25, -0.2) is 13.2 Å². The Morgan fingerprint density at radius 3 is 2.86 bits per heavy atom. The van der Waals surface area contributed by atoms with E-state index in [0.29, 0.717) is 54.6 Å². The van der Waals surface area contributed by atoms with Crippen LogP contribution < -0.4 is 15.0 Å². The highest BCUT2D eigenvalue weighted by molar-refractivity contribution is 6.18. The minimum Gasteiger partial charge on any atom is -0.508 e. The number of hydrogen-bond donors (Lipinski definition) is 2. The lowest BCUT2D eigenvalue weighted by Crippen LogP contribution is -2.51. The molecule has 0 aliphatic carbocycles. The fraction of sp³-hybridized carbons (Fsp3) is 0.389. The molecule has 5 aromatic rings. The molecule has 8 rings (SSSR count). The van der Waals surface area contributed by atoms with E-state index in [1.165, 1.54) is 24.3 Å². The summed E-state index contributed by atoms with van der Waals surface area (Å²) in [5.41, 5.74) is -0.283. The predicted molar refractivity (Wildman–Crippen MR) is 179 cm³/mol. The number of phenols is 1. The molecule has 0 unspecified atom stereocenters. The molecule has 0 bridgehead atoms. The SMILES string of the molecule is C#Cc1c(F)ccc2cc(O)cc(-c3c(F)c4nc(OC[C@@]56CCCN5C[C@H](F)C6)nc(N5CCNC[C@H]5CC#N)c4c4cn(C)nc34)c12. The number of alkyl halides is 1. The number of nitrogens with one attached hydrogen (secondary N) is 1. The molecule has 10 nitrogen and oxygen atoms in total. The van der Waals surface area contributed by atoms with Gasteiger partial charge in [-0.05, 0) is 48.5 Å². The van der Waals surface area contributed by atoms with Crippen molar-refractivity contribution < 1.29 is 23.0 Å². The van der Waals surface area contributed by atoms with Crippen molar-refractivity contribution in [3.8, 4) is 41.3 Å². The fourth-order valence-electron chi connectivity index (χ4n) is 8.17. The first-order valence-electron chi connectivity index (χ1n) is 16.4. The van der Waals surface area contributed by atoms with Gasteiger partial charge in [-0.2, -0.15) is 20.3 Å². The molecule has 49 heavy (non-hydrogen) atoms. The molecule has 3 saturated heterocycles. The lowest BCUT2D eigenvalue weighted by molar-refractivity contribution is 0.107. The summed E-state index contributed by atoms with van der Waals surface area (Å²) in [6.07, 6.45) is 8.77. The van der Waals surface area contributed by atoms with Gasteiger partial charge in [0.15, 0.2) is 5.82 Å². The Morgan fingerprint density at radius 2 is 2.04 bits per heavy atom. The van der Waals surface area contributed by atoms with Gasteiger partial charge in [-0.3, -0.25) is 9.58 Å². The smallest absolute Gasteiger partial charge is 0.319 e. The lowest BCUT2D eigenvalue weighted by Gasteiger charge is -2.37. The zero-order valence-corrected chi connectivity index (χ0v) is 26.8. The number of rotatable bonds is 6. The zero-order valence-electron chi connectivity index (χ0n) is 26.8. The molecule has 3 aliphatic heterocycles. The number of hydrogen-bond acceptors (Lipinski definition) is 9. The van der Waals surface area contributed by atoms with E-state index in [2.05, 4.69) is 32.3 Å². The molecule has 0 spiro atoms. The van der Waals surface area contributed by atoms with Crippen molar-refractivity contribution in [3.63, 3.8) is 0 Å². The van der Waals surface area contributed by atoms with Crippen LogP contribution in [0.2, 0.25) is 0 Å². The maximum absolute atomic E-state index is 17.5. The molecule has 3 aliphatic rings. The molecular formula is C36H33F3N8O2. The molecule has 250 valence electrons. The molecule has 3 atom stereocenters. The number of benzene rings is 3. The second-order valence-corrected chi connectivity index (χ2v) is 13.2. The average molecular weight is 667 g/mol. The van der Waals surface area contributed by atoms with Crippen LogP contribution in [0.5, 0.6) is 11.8 Å². The number of piperazine rings is 1. The Kier molecular flexibility index (Phi) is 7.50. The number of halogens is 3. The van der Waals surface area contributed by atoms with Gasteiger partial charge in [0.05, 0.1) is 35.0 Å². The summed E-state index contributed by atoms with van der Waals surface area (Å²) in [4.78, 5) is 13.6. The highest BCUT2D eigenvalue weighted by atomic mass is 19.1. The van der Waals surface area contributed by atoms with E-state index in [9.17, 15) is 14.8 Å². The second-order valence-electron chi connectivity index (χ2n) is 13.2. The molecule has 0 amide bonds. The molecule has 2 aromatic heterocycles. The van der Waals surface area contributed by atoms with Crippen LogP contribution in [-0.4, -0.2) is 86.8 Å². The Labute approximate surface area is 280 Å². The first kappa shape index (κ1) is 31.2. The number of ether oxygens (including phenoxy) is 1. The first-order valence-corrected chi connectivity index (χ1v) is 16.4. The predicted octanol–water partition coefficient (Wildman–Crippen LogP) is 4.95. The van der Waals surface area contributed by atoms with E-state index in [4.69, 9.17) is 16.1 Å². The maximum Gasteiger partial charge on any atom is 0.319 e. The van der Waals surface area contributed by atoms with E-state index in [1.54, 1.807) is 17.9 Å². The minimum atomic E-state index is -0.960. The molecule has 2 N–H and O–H groups in total. The Morgan fingerprint density at radius 1 is 1.18 bits per heavy atom. The van der Waals surface area contributed by atoms with Gasteiger partial charge in [-0.15, -0.1) is 6.42 Å². The number of aryl methyl sites for hydroxylation is 1. The molecule has 3 aromatic carbocycles. The Balaban J connectivity index is 1.40. The quantitative estimate of drug-likeness (QED) is 0.243. The van der Waals surface area contributed by atoms with E-state index >= 15 is 8.78 Å². The Hall–Kier alpha value is -5.11. The number of aromatic hydroxyl groups is 1. The van der Waals surface area contributed by atoms with Crippen LogP contribution >= 0.6 is 0 Å². The number of fused-ring (bicyclic) bond motifs is 5. The highest BCUT2D eigenvalue weighted by Crippen LogP contribution is 2.46. The van der Waals surface area contributed by atoms with E-state index in [0.717, 1.165) is 19.4 Å². The largest absolute Gasteiger partial charge is 0.508 e. The third kappa shape index (κ3) is 4.99. The average Bonchev–Trinajstić information content (AvgIpc) is 3.75. The van der Waals surface area contributed by atoms with Crippen molar-refractivity contribution in [1.29, 1.82) is 5.26 Å². The normalized spacial score (nSPS) is 22.5. The number of nitrogens with zero attached hydrogens (tertiary/aromatic N) is 7. The van der Waals surface area contributed by atoms with E-state index in [-0.39, 0.29) is 63.9 Å². The monoisotopic (exact) mass is 666 g/mol. The topological polar surface area (TPSA) is 115 Å². The molecule has 3 fully saturated rings. The molecule has 0 radical (unpaired) electrons. The van der Waals surface area contributed by atoms with Crippen LogP contribution in [0.1, 0.15) is 31.2 Å². The highest BCUT2D eigenvalue weighted by Gasteiger charge is 2.49. The third-order valence-electron chi connectivity index (χ3n) is 10.3. The number of anilines is 1. The summed E-state index contributed by atoms with van der Waals surface area (Å²) in [5, 5.41) is 30.0. The first-order chi connectivity index (χ1) is 23.7.